The summed E-state index contributed by atoms with van der Waals surface area (Å²) in [7, 11) is -7.72. The Morgan fingerprint density at radius 2 is 1.52 bits per heavy atom. The zero-order chi connectivity index (χ0) is 20.4. The van der Waals surface area contributed by atoms with E-state index in [2.05, 4.69) is 9.71 Å². The summed E-state index contributed by atoms with van der Waals surface area (Å²) >= 11 is 1.28. The molecule has 29 heavy (non-hydrogen) atoms. The molecule has 156 valence electrons. The lowest BCUT2D eigenvalue weighted by Gasteiger charge is -2.56. The molecule has 0 saturated heterocycles. The number of nitrogens with zero attached hydrogens (tertiary/aromatic N) is 1. The fourth-order valence-electron chi connectivity index (χ4n) is 6.14. The van der Waals surface area contributed by atoms with E-state index in [1.165, 1.54) is 54.9 Å². The number of benzene rings is 1. The van der Waals surface area contributed by atoms with Crippen molar-refractivity contribution in [2.24, 2.45) is 17.8 Å². The van der Waals surface area contributed by atoms with Crippen molar-refractivity contribution in [3.05, 3.63) is 35.3 Å². The first-order chi connectivity index (χ1) is 13.6. The number of rotatable bonds is 5. The second-order valence-corrected chi connectivity index (χ2v) is 13.6. The molecule has 0 atom stereocenters. The third-order valence-electron chi connectivity index (χ3n) is 6.85. The van der Waals surface area contributed by atoms with Crippen molar-refractivity contribution in [2.75, 3.05) is 11.0 Å². The van der Waals surface area contributed by atoms with Crippen molar-refractivity contribution in [3.8, 4) is 0 Å². The monoisotopic (exact) mass is 452 g/mol. The summed E-state index contributed by atoms with van der Waals surface area (Å²) in [6, 6.07) is 5.66. The quantitative estimate of drug-likeness (QED) is 0.744. The molecule has 6 rings (SSSR count). The van der Waals surface area contributed by atoms with Gasteiger partial charge in [0.05, 0.1) is 10.6 Å². The van der Waals surface area contributed by atoms with Crippen LogP contribution in [-0.4, -0.2) is 28.1 Å². The Morgan fingerprint density at radius 3 is 2.07 bits per heavy atom. The Hall–Kier alpha value is -1.45. The fraction of sp³-hybridized carbons (Fsp3) is 0.550. The molecule has 6 nitrogen and oxygen atoms in total. The molecule has 1 aromatic heterocycles. The van der Waals surface area contributed by atoms with Crippen molar-refractivity contribution < 1.29 is 16.8 Å². The molecule has 9 heteroatoms. The van der Waals surface area contributed by atoms with Gasteiger partial charge in [-0.05, 0) is 68.4 Å². The summed E-state index contributed by atoms with van der Waals surface area (Å²) < 4.78 is 52.4. The minimum Gasteiger partial charge on any atom is -0.255 e. The molecule has 4 aliphatic rings. The van der Waals surface area contributed by atoms with E-state index in [9.17, 15) is 16.8 Å². The summed E-state index contributed by atoms with van der Waals surface area (Å²) in [5.74, 6) is 2.35. The van der Waals surface area contributed by atoms with E-state index in [1.54, 1.807) is 0 Å². The zero-order valence-corrected chi connectivity index (χ0v) is 18.6. The van der Waals surface area contributed by atoms with Crippen molar-refractivity contribution in [1.82, 2.24) is 4.98 Å². The van der Waals surface area contributed by atoms with Crippen LogP contribution in [0.5, 0.6) is 0 Å². The number of thiazole rings is 1. The van der Waals surface area contributed by atoms with E-state index in [0.29, 0.717) is 5.13 Å². The highest BCUT2D eigenvalue weighted by atomic mass is 32.2. The molecular weight excluding hydrogens is 428 g/mol. The van der Waals surface area contributed by atoms with Crippen molar-refractivity contribution in [1.29, 1.82) is 0 Å². The molecule has 0 radical (unpaired) electrons. The summed E-state index contributed by atoms with van der Waals surface area (Å²) in [5, 5.41) is 2.30. The van der Waals surface area contributed by atoms with Crippen LogP contribution in [0, 0.1) is 17.8 Å². The molecule has 1 heterocycles. The van der Waals surface area contributed by atoms with Crippen LogP contribution in [0.15, 0.2) is 39.4 Å². The molecule has 4 bridgehead atoms. The van der Waals surface area contributed by atoms with Crippen LogP contribution in [0.3, 0.4) is 0 Å². The average molecular weight is 453 g/mol. The van der Waals surface area contributed by atoms with Crippen LogP contribution in [-0.2, 0) is 25.3 Å². The lowest BCUT2D eigenvalue weighted by molar-refractivity contribution is -0.00688. The minimum atomic E-state index is -4.05. The van der Waals surface area contributed by atoms with Gasteiger partial charge in [0, 0.05) is 17.1 Å². The number of hydrogen-bond donors (Lipinski definition) is 1. The van der Waals surface area contributed by atoms with Crippen LogP contribution in [0.4, 0.5) is 5.13 Å². The summed E-state index contributed by atoms with van der Waals surface area (Å²) in [6.45, 7) is 0. The summed E-state index contributed by atoms with van der Waals surface area (Å²) in [6.07, 6.45) is 8.50. The van der Waals surface area contributed by atoms with Gasteiger partial charge in [0.15, 0.2) is 15.0 Å². The van der Waals surface area contributed by atoms with E-state index >= 15 is 0 Å². The highest BCUT2D eigenvalue weighted by Crippen LogP contribution is 2.60. The van der Waals surface area contributed by atoms with Gasteiger partial charge < -0.3 is 0 Å². The van der Waals surface area contributed by atoms with Crippen LogP contribution in [0.2, 0.25) is 0 Å². The topological polar surface area (TPSA) is 93.2 Å². The second kappa shape index (κ2) is 6.52. The first-order valence-corrected chi connectivity index (χ1v) is 14.2. The van der Waals surface area contributed by atoms with Crippen LogP contribution < -0.4 is 4.72 Å². The van der Waals surface area contributed by atoms with Crippen LogP contribution in [0.1, 0.15) is 44.2 Å². The Kier molecular flexibility index (Phi) is 4.39. The van der Waals surface area contributed by atoms with Gasteiger partial charge in [-0.3, -0.25) is 4.72 Å². The standard InChI is InChI=1S/C20H24N2O4S3/c1-28(23,24)16-4-2-3-5-17(16)29(25,26)22-19-21-18(12-27-19)20-9-13-6-14(10-20)8-15(7-13)11-20/h2-5,12-15H,6-11H2,1H3,(H,21,22). The third kappa shape index (κ3) is 3.41. The maximum atomic E-state index is 12.9. The smallest absolute Gasteiger partial charge is 0.255 e. The van der Waals surface area contributed by atoms with Crippen molar-refractivity contribution in [3.63, 3.8) is 0 Å². The fourth-order valence-corrected chi connectivity index (χ4v) is 9.85. The Bertz CT molecular complexity index is 1130. The van der Waals surface area contributed by atoms with Crippen molar-refractivity contribution >= 4 is 36.3 Å². The van der Waals surface area contributed by atoms with Gasteiger partial charge in [-0.1, -0.05) is 12.1 Å². The Balaban J connectivity index is 1.44. The average Bonchev–Trinajstić information content (AvgIpc) is 3.08. The highest BCUT2D eigenvalue weighted by Gasteiger charge is 2.52. The van der Waals surface area contributed by atoms with Gasteiger partial charge in [-0.15, -0.1) is 11.3 Å². The van der Waals surface area contributed by atoms with Gasteiger partial charge in [0.2, 0.25) is 0 Å². The first kappa shape index (κ1) is 19.5. The largest absolute Gasteiger partial charge is 0.264 e. The van der Waals surface area contributed by atoms with E-state index in [-0.39, 0.29) is 15.2 Å². The number of nitrogens with one attached hydrogen (secondary N) is 1. The highest BCUT2D eigenvalue weighted by molar-refractivity contribution is 7.95. The lowest BCUT2D eigenvalue weighted by atomic mass is 9.49. The molecule has 0 amide bonds. The predicted octanol–water partition coefficient (Wildman–Crippen LogP) is 3.82. The van der Waals surface area contributed by atoms with E-state index in [0.717, 1.165) is 49.0 Å². The van der Waals surface area contributed by atoms with E-state index in [4.69, 9.17) is 0 Å². The maximum absolute atomic E-state index is 12.9. The van der Waals surface area contributed by atoms with Gasteiger partial charge in [0.1, 0.15) is 4.90 Å². The van der Waals surface area contributed by atoms with Gasteiger partial charge >= 0.3 is 0 Å². The molecule has 0 unspecified atom stereocenters. The number of sulfone groups is 1. The van der Waals surface area contributed by atoms with E-state index < -0.39 is 19.9 Å². The predicted molar refractivity (Wildman–Crippen MR) is 112 cm³/mol. The van der Waals surface area contributed by atoms with Gasteiger partial charge in [-0.25, -0.2) is 21.8 Å². The molecular formula is C20H24N2O4S3. The van der Waals surface area contributed by atoms with E-state index in [1.807, 2.05) is 5.38 Å². The number of anilines is 1. The van der Waals surface area contributed by atoms with Crippen molar-refractivity contribution in [2.45, 2.75) is 53.7 Å². The molecule has 4 saturated carbocycles. The molecule has 0 aliphatic heterocycles. The first-order valence-electron chi connectivity index (χ1n) is 9.93. The molecule has 0 spiro atoms. The number of sulfonamides is 1. The zero-order valence-electron chi connectivity index (χ0n) is 16.2. The SMILES string of the molecule is CS(=O)(=O)c1ccccc1S(=O)(=O)Nc1nc(C23CC4CC(CC(C4)C2)C3)cs1. The normalized spacial score (nSPS) is 31.1. The molecule has 1 N–H and O–H groups in total. The van der Waals surface area contributed by atoms with Gasteiger partial charge in [-0.2, -0.15) is 0 Å². The number of hydrogen-bond acceptors (Lipinski definition) is 6. The number of aromatic nitrogens is 1. The van der Waals surface area contributed by atoms with Crippen LogP contribution >= 0.6 is 11.3 Å². The summed E-state index contributed by atoms with van der Waals surface area (Å²) in [5.41, 5.74) is 1.11. The third-order valence-corrected chi connectivity index (χ3v) is 10.4. The molecule has 4 aliphatic carbocycles. The van der Waals surface area contributed by atoms with Gasteiger partial charge in [0.25, 0.3) is 10.0 Å². The molecule has 1 aromatic carbocycles. The Labute approximate surface area is 175 Å². The molecule has 4 fully saturated rings. The summed E-state index contributed by atoms with van der Waals surface area (Å²) in [4.78, 5) is 4.24. The van der Waals surface area contributed by atoms with Crippen LogP contribution in [0.25, 0.3) is 0 Å². The molecule has 2 aromatic rings. The second-order valence-electron chi connectivity index (χ2n) is 9.06. The Morgan fingerprint density at radius 1 is 0.966 bits per heavy atom. The maximum Gasteiger partial charge on any atom is 0.264 e. The minimum absolute atomic E-state index is 0.0968. The lowest BCUT2D eigenvalue weighted by Crippen LogP contribution is -2.48.